The summed E-state index contributed by atoms with van der Waals surface area (Å²) in [6.45, 7) is 0. The highest BCUT2D eigenvalue weighted by atomic mass is 16.1. The first kappa shape index (κ1) is 12.9. The van der Waals surface area contributed by atoms with Gasteiger partial charge in [0.2, 0.25) is 0 Å². The number of amides is 1. The number of benzene rings is 1. The molecule has 0 saturated heterocycles. The Balaban J connectivity index is 2.14. The lowest BCUT2D eigenvalue weighted by molar-refractivity contribution is 0.102. The average Bonchev–Trinajstić information content (AvgIpc) is 2.39. The molecule has 0 aliphatic rings. The van der Waals surface area contributed by atoms with Gasteiger partial charge in [0, 0.05) is 25.5 Å². The van der Waals surface area contributed by atoms with E-state index >= 15 is 0 Å². The van der Waals surface area contributed by atoms with Gasteiger partial charge >= 0.3 is 0 Å². The van der Waals surface area contributed by atoms with Gasteiger partial charge in [-0.1, -0.05) is 6.07 Å². The fraction of sp³-hybridized carbons (Fsp3) is 0.143. The predicted molar refractivity (Wildman–Crippen MR) is 77.4 cm³/mol. The van der Waals surface area contributed by atoms with Gasteiger partial charge in [-0.25, -0.2) is 4.98 Å². The van der Waals surface area contributed by atoms with Crippen molar-refractivity contribution in [3.05, 3.63) is 48.3 Å². The van der Waals surface area contributed by atoms with Crippen molar-refractivity contribution >= 4 is 23.0 Å². The van der Waals surface area contributed by atoms with Crippen LogP contribution >= 0.6 is 0 Å². The van der Waals surface area contributed by atoms with Gasteiger partial charge in [-0.2, -0.15) is 0 Å². The highest BCUT2D eigenvalue weighted by Gasteiger charge is 2.07. The fourth-order valence-corrected chi connectivity index (χ4v) is 1.60. The zero-order valence-electron chi connectivity index (χ0n) is 10.9. The SMILES string of the molecule is CN(C)c1cccc(NC(=O)c2ccc(N)cn2)c1. The van der Waals surface area contributed by atoms with Crippen molar-refractivity contribution < 1.29 is 4.79 Å². The molecule has 5 nitrogen and oxygen atoms in total. The van der Waals surface area contributed by atoms with Crippen LogP contribution in [0.25, 0.3) is 0 Å². The highest BCUT2D eigenvalue weighted by Crippen LogP contribution is 2.17. The minimum absolute atomic E-state index is 0.254. The Kier molecular flexibility index (Phi) is 3.66. The van der Waals surface area contributed by atoms with E-state index in [2.05, 4.69) is 10.3 Å². The summed E-state index contributed by atoms with van der Waals surface area (Å²) in [5, 5.41) is 2.80. The molecule has 5 heteroatoms. The van der Waals surface area contributed by atoms with E-state index in [0.717, 1.165) is 11.4 Å². The summed E-state index contributed by atoms with van der Waals surface area (Å²) in [6, 6.07) is 10.8. The number of carbonyl (C=O) groups excluding carboxylic acids is 1. The van der Waals surface area contributed by atoms with Crippen LogP contribution in [0.4, 0.5) is 17.1 Å². The standard InChI is InChI=1S/C14H16N4O/c1-18(2)12-5-3-4-11(8-12)17-14(19)13-7-6-10(15)9-16-13/h3-9H,15H2,1-2H3,(H,17,19). The molecule has 19 heavy (non-hydrogen) atoms. The highest BCUT2D eigenvalue weighted by molar-refractivity contribution is 6.03. The van der Waals surface area contributed by atoms with E-state index in [-0.39, 0.29) is 5.91 Å². The van der Waals surface area contributed by atoms with E-state index in [1.807, 2.05) is 43.3 Å². The van der Waals surface area contributed by atoms with Crippen LogP contribution in [0.1, 0.15) is 10.5 Å². The number of rotatable bonds is 3. The van der Waals surface area contributed by atoms with Gasteiger partial charge in [-0.05, 0) is 30.3 Å². The molecule has 1 heterocycles. The zero-order valence-corrected chi connectivity index (χ0v) is 10.9. The lowest BCUT2D eigenvalue weighted by Crippen LogP contribution is -2.14. The molecule has 1 amide bonds. The molecular weight excluding hydrogens is 240 g/mol. The summed E-state index contributed by atoms with van der Waals surface area (Å²) < 4.78 is 0. The molecule has 1 aromatic heterocycles. The molecule has 3 N–H and O–H groups in total. The van der Waals surface area contributed by atoms with Crippen molar-refractivity contribution in [2.45, 2.75) is 0 Å². The van der Waals surface area contributed by atoms with Crippen molar-refractivity contribution in [1.29, 1.82) is 0 Å². The van der Waals surface area contributed by atoms with Gasteiger partial charge in [-0.3, -0.25) is 4.79 Å². The average molecular weight is 256 g/mol. The molecule has 2 aromatic rings. The van der Waals surface area contributed by atoms with Crippen LogP contribution < -0.4 is 16.0 Å². The summed E-state index contributed by atoms with van der Waals surface area (Å²) >= 11 is 0. The van der Waals surface area contributed by atoms with Gasteiger partial charge in [-0.15, -0.1) is 0 Å². The van der Waals surface area contributed by atoms with Crippen LogP contribution in [0.5, 0.6) is 0 Å². The Morgan fingerprint density at radius 1 is 1.26 bits per heavy atom. The number of carbonyl (C=O) groups is 1. The summed E-state index contributed by atoms with van der Waals surface area (Å²) in [6.07, 6.45) is 1.46. The Morgan fingerprint density at radius 2 is 2.05 bits per heavy atom. The molecule has 1 aromatic carbocycles. The van der Waals surface area contributed by atoms with Crippen LogP contribution in [0, 0.1) is 0 Å². The molecule has 0 aliphatic heterocycles. The summed E-state index contributed by atoms with van der Waals surface area (Å²) in [5.74, 6) is -0.254. The topological polar surface area (TPSA) is 71.2 Å². The Labute approximate surface area is 112 Å². The van der Waals surface area contributed by atoms with Crippen LogP contribution in [0.15, 0.2) is 42.6 Å². The first-order valence-electron chi connectivity index (χ1n) is 5.86. The normalized spacial score (nSPS) is 10.0. The second-order valence-electron chi connectivity index (χ2n) is 4.38. The number of nitrogen functional groups attached to an aromatic ring is 1. The lowest BCUT2D eigenvalue weighted by Gasteiger charge is -2.13. The largest absolute Gasteiger partial charge is 0.397 e. The smallest absolute Gasteiger partial charge is 0.274 e. The lowest BCUT2D eigenvalue weighted by atomic mass is 10.2. The Hall–Kier alpha value is -2.56. The molecule has 0 unspecified atom stereocenters. The minimum atomic E-state index is -0.254. The number of hydrogen-bond acceptors (Lipinski definition) is 4. The van der Waals surface area contributed by atoms with Crippen molar-refractivity contribution in [3.63, 3.8) is 0 Å². The van der Waals surface area contributed by atoms with E-state index in [4.69, 9.17) is 5.73 Å². The van der Waals surface area contributed by atoms with Gasteiger partial charge in [0.15, 0.2) is 0 Å². The predicted octanol–water partition coefficient (Wildman–Crippen LogP) is 1.98. The van der Waals surface area contributed by atoms with E-state index in [9.17, 15) is 4.79 Å². The van der Waals surface area contributed by atoms with E-state index in [1.165, 1.54) is 6.20 Å². The first-order chi connectivity index (χ1) is 9.06. The molecular formula is C14H16N4O. The number of nitrogens with zero attached hydrogens (tertiary/aromatic N) is 2. The summed E-state index contributed by atoms with van der Waals surface area (Å²) in [7, 11) is 3.89. The second-order valence-corrected chi connectivity index (χ2v) is 4.38. The van der Waals surface area contributed by atoms with Crippen LogP contribution in [0.2, 0.25) is 0 Å². The number of anilines is 3. The zero-order chi connectivity index (χ0) is 13.8. The molecule has 0 bridgehead atoms. The maximum Gasteiger partial charge on any atom is 0.274 e. The van der Waals surface area contributed by atoms with E-state index in [0.29, 0.717) is 11.4 Å². The third-order valence-corrected chi connectivity index (χ3v) is 2.64. The Bertz CT molecular complexity index is 578. The Morgan fingerprint density at radius 3 is 2.68 bits per heavy atom. The van der Waals surface area contributed by atoms with Crippen molar-refractivity contribution in [2.24, 2.45) is 0 Å². The van der Waals surface area contributed by atoms with Crippen molar-refractivity contribution in [2.75, 3.05) is 30.0 Å². The third-order valence-electron chi connectivity index (χ3n) is 2.64. The minimum Gasteiger partial charge on any atom is -0.397 e. The molecule has 2 rings (SSSR count). The maximum atomic E-state index is 12.0. The van der Waals surface area contributed by atoms with Gasteiger partial charge in [0.05, 0.1) is 11.9 Å². The van der Waals surface area contributed by atoms with Crippen LogP contribution in [-0.2, 0) is 0 Å². The number of hydrogen-bond donors (Lipinski definition) is 2. The van der Waals surface area contributed by atoms with Crippen LogP contribution in [-0.4, -0.2) is 25.0 Å². The second kappa shape index (κ2) is 5.39. The number of nitrogens with one attached hydrogen (secondary N) is 1. The molecule has 0 saturated carbocycles. The van der Waals surface area contributed by atoms with Crippen molar-refractivity contribution in [3.8, 4) is 0 Å². The number of pyridine rings is 1. The van der Waals surface area contributed by atoms with Gasteiger partial charge in [0.1, 0.15) is 5.69 Å². The quantitative estimate of drug-likeness (QED) is 0.881. The molecule has 0 atom stereocenters. The molecule has 98 valence electrons. The maximum absolute atomic E-state index is 12.0. The third kappa shape index (κ3) is 3.22. The molecule has 0 fully saturated rings. The summed E-state index contributed by atoms with van der Waals surface area (Å²) in [4.78, 5) is 17.9. The summed E-state index contributed by atoms with van der Waals surface area (Å²) in [5.41, 5.74) is 8.15. The first-order valence-corrected chi connectivity index (χ1v) is 5.86. The number of nitrogens with two attached hydrogens (primary N) is 1. The van der Waals surface area contributed by atoms with E-state index < -0.39 is 0 Å². The molecule has 0 spiro atoms. The van der Waals surface area contributed by atoms with Gasteiger partial charge in [0.25, 0.3) is 5.91 Å². The van der Waals surface area contributed by atoms with Crippen molar-refractivity contribution in [1.82, 2.24) is 4.98 Å². The fourth-order valence-electron chi connectivity index (χ4n) is 1.60. The van der Waals surface area contributed by atoms with Gasteiger partial charge < -0.3 is 16.0 Å². The van der Waals surface area contributed by atoms with Crippen LogP contribution in [0.3, 0.4) is 0 Å². The van der Waals surface area contributed by atoms with E-state index in [1.54, 1.807) is 12.1 Å². The molecule has 0 radical (unpaired) electrons. The number of aromatic nitrogens is 1. The molecule has 0 aliphatic carbocycles. The monoisotopic (exact) mass is 256 g/mol.